The highest BCUT2D eigenvalue weighted by molar-refractivity contribution is 5.99. The highest BCUT2D eigenvalue weighted by atomic mass is 16.5. The molecule has 0 heterocycles. The van der Waals surface area contributed by atoms with Crippen LogP contribution in [-0.4, -0.2) is 17.9 Å². The van der Waals surface area contributed by atoms with Crippen LogP contribution >= 0.6 is 0 Å². The van der Waals surface area contributed by atoms with Crippen molar-refractivity contribution in [3.8, 4) is 5.75 Å². The first-order valence-electron chi connectivity index (χ1n) is 8.06. The fraction of sp³-hybridized carbons (Fsp3) is 0.200. The van der Waals surface area contributed by atoms with E-state index in [0.29, 0.717) is 17.1 Å². The van der Waals surface area contributed by atoms with E-state index in [-0.39, 0.29) is 24.3 Å². The smallest absolute Gasteiger partial charge is 0.247 e. The van der Waals surface area contributed by atoms with Crippen molar-refractivity contribution in [1.82, 2.24) is 0 Å². The number of hydrogen-bond donors (Lipinski definition) is 2. The van der Waals surface area contributed by atoms with Gasteiger partial charge in [0.1, 0.15) is 5.75 Å². The number of benzene rings is 2. The molecule has 2 aromatic rings. The van der Waals surface area contributed by atoms with Gasteiger partial charge in [0.05, 0.1) is 18.2 Å². The summed E-state index contributed by atoms with van der Waals surface area (Å²) < 4.78 is 5.70. The van der Waals surface area contributed by atoms with Crippen LogP contribution < -0.4 is 15.4 Å². The van der Waals surface area contributed by atoms with Gasteiger partial charge < -0.3 is 15.4 Å². The minimum absolute atomic E-state index is 0.0244. The summed E-state index contributed by atoms with van der Waals surface area (Å²) >= 11 is 0. The molecule has 0 atom stereocenters. The van der Waals surface area contributed by atoms with Gasteiger partial charge in [-0.2, -0.15) is 0 Å². The van der Waals surface area contributed by atoms with Crippen LogP contribution in [0.2, 0.25) is 0 Å². The molecule has 0 aliphatic rings. The molecule has 0 spiro atoms. The van der Waals surface area contributed by atoms with Crippen LogP contribution in [0, 0.1) is 0 Å². The summed E-state index contributed by atoms with van der Waals surface area (Å²) in [7, 11) is 0. The van der Waals surface area contributed by atoms with Crippen LogP contribution in [0.1, 0.15) is 19.4 Å². The predicted molar refractivity (Wildman–Crippen MR) is 99.8 cm³/mol. The first-order chi connectivity index (χ1) is 12.0. The standard InChI is InChI=1S/C20H22N2O3/c1-4-19(23)21-16-11-9-15(10-12-16)13-20(24)22-17-7-5-6-8-18(17)25-14(2)3/h4-12,14H,1,13H2,2-3H3,(H,21,23)(H,22,24). The number of ether oxygens (including phenoxy) is 1. The Morgan fingerprint density at radius 3 is 2.40 bits per heavy atom. The quantitative estimate of drug-likeness (QED) is 0.755. The third-order valence-corrected chi connectivity index (χ3v) is 3.30. The van der Waals surface area contributed by atoms with Gasteiger partial charge >= 0.3 is 0 Å². The molecule has 0 unspecified atom stereocenters. The molecule has 0 saturated heterocycles. The maximum atomic E-state index is 12.3. The molecule has 2 rings (SSSR count). The van der Waals surface area contributed by atoms with Crippen molar-refractivity contribution in [1.29, 1.82) is 0 Å². The molecular formula is C20H22N2O3. The van der Waals surface area contributed by atoms with Crippen LogP contribution in [0.3, 0.4) is 0 Å². The minimum atomic E-state index is -0.271. The highest BCUT2D eigenvalue weighted by Gasteiger charge is 2.09. The third-order valence-electron chi connectivity index (χ3n) is 3.30. The lowest BCUT2D eigenvalue weighted by Crippen LogP contribution is -2.16. The average molecular weight is 338 g/mol. The topological polar surface area (TPSA) is 67.4 Å². The fourth-order valence-electron chi connectivity index (χ4n) is 2.21. The van der Waals surface area contributed by atoms with E-state index in [2.05, 4.69) is 17.2 Å². The number of nitrogens with one attached hydrogen (secondary N) is 2. The van der Waals surface area contributed by atoms with Crippen molar-refractivity contribution in [3.63, 3.8) is 0 Å². The van der Waals surface area contributed by atoms with Gasteiger partial charge in [-0.1, -0.05) is 30.8 Å². The monoisotopic (exact) mass is 338 g/mol. The molecule has 25 heavy (non-hydrogen) atoms. The van der Waals surface area contributed by atoms with Crippen molar-refractivity contribution in [2.75, 3.05) is 10.6 Å². The number of amides is 2. The third kappa shape index (κ3) is 5.80. The van der Waals surface area contributed by atoms with Crippen LogP contribution in [-0.2, 0) is 16.0 Å². The lowest BCUT2D eigenvalue weighted by atomic mass is 10.1. The van der Waals surface area contributed by atoms with E-state index in [1.54, 1.807) is 24.3 Å². The fourth-order valence-corrected chi connectivity index (χ4v) is 2.21. The zero-order chi connectivity index (χ0) is 18.2. The van der Waals surface area contributed by atoms with Gasteiger partial charge in [0.15, 0.2) is 0 Å². The molecule has 130 valence electrons. The summed E-state index contributed by atoms with van der Waals surface area (Å²) in [5, 5.41) is 5.54. The molecular weight excluding hydrogens is 316 g/mol. The van der Waals surface area contributed by atoms with E-state index in [4.69, 9.17) is 4.74 Å². The van der Waals surface area contributed by atoms with Gasteiger partial charge in [0.2, 0.25) is 11.8 Å². The summed E-state index contributed by atoms with van der Waals surface area (Å²) in [6, 6.07) is 14.4. The molecule has 0 fully saturated rings. The summed E-state index contributed by atoms with van der Waals surface area (Å²) in [4.78, 5) is 23.5. The Balaban J connectivity index is 1.99. The molecule has 5 nitrogen and oxygen atoms in total. The lowest BCUT2D eigenvalue weighted by Gasteiger charge is -2.14. The Hall–Kier alpha value is -3.08. The average Bonchev–Trinajstić information content (AvgIpc) is 2.58. The molecule has 2 N–H and O–H groups in total. The second-order valence-corrected chi connectivity index (χ2v) is 5.78. The summed E-state index contributed by atoms with van der Waals surface area (Å²) in [5.41, 5.74) is 2.15. The molecule has 0 aliphatic heterocycles. The lowest BCUT2D eigenvalue weighted by molar-refractivity contribution is -0.115. The first-order valence-corrected chi connectivity index (χ1v) is 8.06. The molecule has 2 amide bonds. The first kappa shape index (κ1) is 18.3. The molecule has 2 aromatic carbocycles. The SMILES string of the molecule is C=CC(=O)Nc1ccc(CC(=O)Nc2ccccc2OC(C)C)cc1. The van der Waals surface area contributed by atoms with Gasteiger partial charge in [0.25, 0.3) is 0 Å². The number of para-hydroxylation sites is 2. The van der Waals surface area contributed by atoms with E-state index in [1.165, 1.54) is 6.08 Å². The maximum Gasteiger partial charge on any atom is 0.247 e. The number of carbonyl (C=O) groups is 2. The van der Waals surface area contributed by atoms with Crippen molar-refractivity contribution in [2.24, 2.45) is 0 Å². The normalized spacial score (nSPS) is 10.2. The summed E-state index contributed by atoms with van der Waals surface area (Å²) in [6.45, 7) is 7.27. The van der Waals surface area contributed by atoms with Gasteiger partial charge in [-0.25, -0.2) is 0 Å². The molecule has 0 aromatic heterocycles. The number of carbonyl (C=O) groups excluding carboxylic acids is 2. The summed E-state index contributed by atoms with van der Waals surface area (Å²) in [6.07, 6.45) is 1.46. The van der Waals surface area contributed by atoms with E-state index in [0.717, 1.165) is 5.56 Å². The van der Waals surface area contributed by atoms with Crippen molar-refractivity contribution in [3.05, 3.63) is 66.7 Å². The van der Waals surface area contributed by atoms with Gasteiger partial charge in [0, 0.05) is 5.69 Å². The van der Waals surface area contributed by atoms with Gasteiger partial charge in [-0.3, -0.25) is 9.59 Å². The largest absolute Gasteiger partial charge is 0.489 e. The Morgan fingerprint density at radius 1 is 1.08 bits per heavy atom. The zero-order valence-electron chi connectivity index (χ0n) is 14.4. The highest BCUT2D eigenvalue weighted by Crippen LogP contribution is 2.25. The van der Waals surface area contributed by atoms with E-state index in [1.807, 2.05) is 38.1 Å². The Labute approximate surface area is 147 Å². The van der Waals surface area contributed by atoms with E-state index >= 15 is 0 Å². The van der Waals surface area contributed by atoms with E-state index in [9.17, 15) is 9.59 Å². The zero-order valence-corrected chi connectivity index (χ0v) is 14.4. The van der Waals surface area contributed by atoms with Crippen molar-refractivity contribution in [2.45, 2.75) is 26.4 Å². The number of rotatable bonds is 7. The van der Waals surface area contributed by atoms with Crippen LogP contribution in [0.5, 0.6) is 5.75 Å². The molecule has 5 heteroatoms. The Morgan fingerprint density at radius 2 is 1.76 bits per heavy atom. The molecule has 0 radical (unpaired) electrons. The molecule has 0 bridgehead atoms. The van der Waals surface area contributed by atoms with Crippen LogP contribution in [0.15, 0.2) is 61.2 Å². The van der Waals surface area contributed by atoms with Crippen molar-refractivity contribution >= 4 is 23.2 Å². The van der Waals surface area contributed by atoms with Gasteiger partial charge in [-0.05, 0) is 49.8 Å². The predicted octanol–water partition coefficient (Wildman–Crippen LogP) is 3.78. The maximum absolute atomic E-state index is 12.3. The Kier molecular flexibility index (Phi) is 6.34. The number of anilines is 2. The second kappa shape index (κ2) is 8.68. The van der Waals surface area contributed by atoms with Gasteiger partial charge in [-0.15, -0.1) is 0 Å². The van der Waals surface area contributed by atoms with E-state index < -0.39 is 0 Å². The summed E-state index contributed by atoms with van der Waals surface area (Å²) in [5.74, 6) is 0.239. The molecule has 0 saturated carbocycles. The number of hydrogen-bond acceptors (Lipinski definition) is 3. The van der Waals surface area contributed by atoms with Crippen LogP contribution in [0.25, 0.3) is 0 Å². The second-order valence-electron chi connectivity index (χ2n) is 5.78. The Bertz CT molecular complexity index is 752. The van der Waals surface area contributed by atoms with Crippen molar-refractivity contribution < 1.29 is 14.3 Å². The minimum Gasteiger partial charge on any atom is -0.489 e. The van der Waals surface area contributed by atoms with Crippen LogP contribution in [0.4, 0.5) is 11.4 Å². The molecule has 0 aliphatic carbocycles.